The van der Waals surface area contributed by atoms with Crippen LogP contribution in [0, 0.1) is 4.77 Å². The summed E-state index contributed by atoms with van der Waals surface area (Å²) < 4.78 is 0.230. The first-order valence-corrected chi connectivity index (χ1v) is 8.12. The fourth-order valence-corrected chi connectivity index (χ4v) is 3.02. The molecule has 2 aromatic carbocycles. The number of aromatic nitrogens is 3. The van der Waals surface area contributed by atoms with Crippen LogP contribution < -0.4 is 10.9 Å². The van der Waals surface area contributed by atoms with Crippen molar-refractivity contribution in [3.63, 3.8) is 0 Å². The van der Waals surface area contributed by atoms with Gasteiger partial charge in [0.1, 0.15) is 0 Å². The highest BCUT2D eigenvalue weighted by Gasteiger charge is 2.09. The van der Waals surface area contributed by atoms with E-state index < -0.39 is 0 Å². The van der Waals surface area contributed by atoms with Crippen LogP contribution in [0.25, 0.3) is 21.8 Å². The molecule has 0 unspecified atom stereocenters. The van der Waals surface area contributed by atoms with Gasteiger partial charge in [0.05, 0.1) is 17.4 Å². The van der Waals surface area contributed by atoms with Crippen molar-refractivity contribution >= 4 is 39.9 Å². The normalized spacial score (nSPS) is 11.0. The molecule has 0 aliphatic rings. The van der Waals surface area contributed by atoms with Crippen molar-refractivity contribution in [3.05, 3.63) is 74.9 Å². The van der Waals surface area contributed by atoms with E-state index in [1.54, 1.807) is 18.2 Å². The third-order valence-corrected chi connectivity index (χ3v) is 4.23. The Labute approximate surface area is 146 Å². The highest BCUT2D eigenvalue weighted by atomic mass is 32.1. The van der Waals surface area contributed by atoms with E-state index in [1.165, 1.54) is 0 Å². The summed E-state index contributed by atoms with van der Waals surface area (Å²) >= 11 is 4.97. The third kappa shape index (κ3) is 2.97. The minimum Gasteiger partial charge on any atom is -0.357 e. The number of benzene rings is 2. The summed E-state index contributed by atoms with van der Waals surface area (Å²) in [5, 5.41) is 4.43. The van der Waals surface area contributed by atoms with Crippen LogP contribution >= 0.6 is 12.2 Å². The van der Waals surface area contributed by atoms with Crippen LogP contribution in [-0.2, 0) is 6.54 Å². The molecular weight excluding hydrogens is 336 g/mol. The molecule has 7 heteroatoms. The molecule has 0 atom stereocenters. The Morgan fingerprint density at radius 3 is 2.68 bits per heavy atom. The minimum absolute atomic E-state index is 0.222. The van der Waals surface area contributed by atoms with Gasteiger partial charge in [0.2, 0.25) is 0 Å². The number of rotatable bonds is 3. The van der Waals surface area contributed by atoms with Gasteiger partial charge < -0.3 is 15.3 Å². The maximum absolute atomic E-state index is 12.4. The van der Waals surface area contributed by atoms with Gasteiger partial charge in [0.25, 0.3) is 11.5 Å². The molecule has 4 N–H and O–H groups in total. The van der Waals surface area contributed by atoms with Gasteiger partial charge in [-0.3, -0.25) is 14.6 Å². The number of H-pyrrole nitrogens is 3. The molecule has 0 bridgehead atoms. The van der Waals surface area contributed by atoms with E-state index in [0.29, 0.717) is 23.0 Å². The van der Waals surface area contributed by atoms with E-state index >= 15 is 0 Å². The van der Waals surface area contributed by atoms with Crippen molar-refractivity contribution in [2.45, 2.75) is 6.54 Å². The molecule has 4 aromatic rings. The molecule has 124 valence electrons. The molecule has 4 rings (SSSR count). The third-order valence-electron chi connectivity index (χ3n) is 4.03. The molecule has 0 aliphatic heterocycles. The van der Waals surface area contributed by atoms with Crippen LogP contribution in [-0.4, -0.2) is 20.9 Å². The number of fused-ring (bicyclic) bond motifs is 2. The molecule has 2 heterocycles. The van der Waals surface area contributed by atoms with E-state index in [4.69, 9.17) is 12.2 Å². The smallest absolute Gasteiger partial charge is 0.259 e. The van der Waals surface area contributed by atoms with E-state index in [9.17, 15) is 9.59 Å². The molecule has 0 saturated heterocycles. The zero-order valence-electron chi connectivity index (χ0n) is 13.1. The van der Waals surface area contributed by atoms with Crippen molar-refractivity contribution < 1.29 is 4.79 Å². The average Bonchev–Trinajstić information content (AvgIpc) is 3.02. The van der Waals surface area contributed by atoms with Crippen molar-refractivity contribution in [1.82, 2.24) is 20.3 Å². The summed E-state index contributed by atoms with van der Waals surface area (Å²) in [5.41, 5.74) is 2.67. The maximum Gasteiger partial charge on any atom is 0.259 e. The first kappa shape index (κ1) is 15.3. The Morgan fingerprint density at radius 1 is 1.00 bits per heavy atom. The number of hydrogen-bond acceptors (Lipinski definition) is 3. The predicted molar refractivity (Wildman–Crippen MR) is 99.2 cm³/mol. The van der Waals surface area contributed by atoms with Crippen LogP contribution in [0.3, 0.4) is 0 Å². The van der Waals surface area contributed by atoms with Crippen LogP contribution in [0.1, 0.15) is 16.1 Å². The van der Waals surface area contributed by atoms with Gasteiger partial charge in [-0.1, -0.05) is 18.2 Å². The topological polar surface area (TPSA) is 93.5 Å². The lowest BCUT2D eigenvalue weighted by Gasteiger charge is -2.05. The Morgan fingerprint density at radius 2 is 1.84 bits per heavy atom. The number of amides is 1. The van der Waals surface area contributed by atoms with Gasteiger partial charge in [-0.25, -0.2) is 0 Å². The average molecular weight is 350 g/mol. The van der Waals surface area contributed by atoms with Crippen molar-refractivity contribution in [3.8, 4) is 0 Å². The Hall–Kier alpha value is -3.19. The number of para-hydroxylation sites is 1. The lowest BCUT2D eigenvalue weighted by Crippen LogP contribution is -2.23. The summed E-state index contributed by atoms with van der Waals surface area (Å²) in [4.78, 5) is 32.9. The summed E-state index contributed by atoms with van der Waals surface area (Å²) in [6, 6.07) is 14.8. The second kappa shape index (κ2) is 6.03. The Balaban J connectivity index is 1.57. The molecule has 2 aromatic heterocycles. The number of carbonyl (C=O) groups excluding carboxylic acids is 1. The number of carbonyl (C=O) groups is 1. The molecule has 6 nitrogen and oxygen atoms in total. The van der Waals surface area contributed by atoms with Crippen molar-refractivity contribution in [1.29, 1.82) is 0 Å². The van der Waals surface area contributed by atoms with Gasteiger partial charge >= 0.3 is 0 Å². The standard InChI is InChI=1S/C18H14N4O2S/c23-16(19-9-12-7-10-3-1-2-4-14(10)20-12)11-5-6-13-15(8-11)21-18(25)22-17(13)24/h1-8,20H,9H2,(H,19,23)(H2,21,22,24,25). The zero-order chi connectivity index (χ0) is 17.4. The summed E-state index contributed by atoms with van der Waals surface area (Å²) in [7, 11) is 0. The SMILES string of the molecule is O=C(NCc1cc2ccccc2[nH]1)c1ccc2c(=O)[nH]c(=S)[nH]c2c1. The monoisotopic (exact) mass is 350 g/mol. The van der Waals surface area contributed by atoms with Gasteiger partial charge in [0, 0.05) is 16.8 Å². The highest BCUT2D eigenvalue weighted by molar-refractivity contribution is 7.71. The molecule has 0 saturated carbocycles. The molecule has 0 spiro atoms. The number of hydrogen-bond donors (Lipinski definition) is 4. The Kier molecular flexibility index (Phi) is 3.70. The largest absolute Gasteiger partial charge is 0.357 e. The van der Waals surface area contributed by atoms with Crippen LogP contribution in [0.4, 0.5) is 0 Å². The fraction of sp³-hybridized carbons (Fsp3) is 0.0556. The maximum atomic E-state index is 12.4. The summed E-state index contributed by atoms with van der Waals surface area (Å²) in [6.07, 6.45) is 0. The molecule has 0 fully saturated rings. The summed E-state index contributed by atoms with van der Waals surface area (Å²) in [5.74, 6) is -0.222. The quantitative estimate of drug-likeness (QED) is 0.428. The van der Waals surface area contributed by atoms with Crippen LogP contribution in [0.15, 0.2) is 53.3 Å². The van der Waals surface area contributed by atoms with Crippen molar-refractivity contribution in [2.75, 3.05) is 0 Å². The van der Waals surface area contributed by atoms with E-state index in [1.807, 2.05) is 30.3 Å². The zero-order valence-corrected chi connectivity index (χ0v) is 13.9. The molecule has 25 heavy (non-hydrogen) atoms. The first-order chi connectivity index (χ1) is 12.1. The molecule has 0 aliphatic carbocycles. The van der Waals surface area contributed by atoms with E-state index in [2.05, 4.69) is 20.3 Å². The lowest BCUT2D eigenvalue weighted by molar-refractivity contribution is 0.0950. The fourth-order valence-electron chi connectivity index (χ4n) is 2.82. The molecule has 1 amide bonds. The van der Waals surface area contributed by atoms with Gasteiger partial charge in [-0.15, -0.1) is 0 Å². The molecule has 0 radical (unpaired) electrons. The Bertz CT molecular complexity index is 1190. The van der Waals surface area contributed by atoms with Gasteiger partial charge in [0.15, 0.2) is 4.77 Å². The van der Waals surface area contributed by atoms with Crippen LogP contribution in [0.2, 0.25) is 0 Å². The lowest BCUT2D eigenvalue weighted by atomic mass is 10.1. The summed E-state index contributed by atoms with van der Waals surface area (Å²) in [6.45, 7) is 0.386. The number of aromatic amines is 3. The second-order valence-electron chi connectivity index (χ2n) is 5.73. The van der Waals surface area contributed by atoms with Crippen LogP contribution in [0.5, 0.6) is 0 Å². The highest BCUT2D eigenvalue weighted by Crippen LogP contribution is 2.15. The van der Waals surface area contributed by atoms with Gasteiger partial charge in [-0.2, -0.15) is 0 Å². The van der Waals surface area contributed by atoms with E-state index in [-0.39, 0.29) is 16.2 Å². The van der Waals surface area contributed by atoms with E-state index in [0.717, 1.165) is 16.6 Å². The minimum atomic E-state index is -0.274. The predicted octanol–water partition coefficient (Wildman–Crippen LogP) is 3.00. The molecular formula is C18H14N4O2S. The van der Waals surface area contributed by atoms with Gasteiger partial charge in [-0.05, 0) is 47.9 Å². The number of nitrogens with one attached hydrogen (secondary N) is 4. The first-order valence-electron chi connectivity index (χ1n) is 7.71. The van der Waals surface area contributed by atoms with Crippen molar-refractivity contribution in [2.24, 2.45) is 0 Å². The second-order valence-corrected chi connectivity index (χ2v) is 6.14.